The Morgan fingerprint density at radius 1 is 1.39 bits per heavy atom. The van der Waals surface area contributed by atoms with E-state index in [4.69, 9.17) is 11.6 Å². The molecule has 0 saturated carbocycles. The lowest BCUT2D eigenvalue weighted by Gasteiger charge is -2.18. The zero-order valence-corrected chi connectivity index (χ0v) is 13.6. The van der Waals surface area contributed by atoms with Crippen molar-refractivity contribution in [2.24, 2.45) is 0 Å². The van der Waals surface area contributed by atoms with Gasteiger partial charge in [-0.15, -0.1) is 0 Å². The van der Waals surface area contributed by atoms with Crippen molar-refractivity contribution in [3.05, 3.63) is 32.4 Å². The summed E-state index contributed by atoms with van der Waals surface area (Å²) in [6, 6.07) is 5.29. The molecule has 1 N–H and O–H groups in total. The van der Waals surface area contributed by atoms with Crippen LogP contribution in [0.25, 0.3) is 0 Å². The lowest BCUT2D eigenvalue weighted by Crippen LogP contribution is -2.35. The van der Waals surface area contributed by atoms with Crippen molar-refractivity contribution in [3.63, 3.8) is 0 Å². The van der Waals surface area contributed by atoms with Crippen molar-refractivity contribution in [3.8, 4) is 0 Å². The average molecular weight is 381 g/mol. The number of carbonyl (C=O) groups excluding carboxylic acids is 1. The maximum absolute atomic E-state index is 12.0. The number of halogens is 2. The molecule has 1 aromatic carbocycles. The Morgan fingerprint density at radius 3 is 2.61 bits per heavy atom. The van der Waals surface area contributed by atoms with Crippen molar-refractivity contribution in [1.29, 1.82) is 0 Å². The van der Waals surface area contributed by atoms with Crippen LogP contribution in [0.5, 0.6) is 0 Å². The molecule has 0 fully saturated rings. The van der Waals surface area contributed by atoms with Crippen LogP contribution >= 0.6 is 34.2 Å². The van der Waals surface area contributed by atoms with Gasteiger partial charge in [0.2, 0.25) is 0 Å². The third-order valence-electron chi connectivity index (χ3n) is 2.78. The van der Waals surface area contributed by atoms with E-state index in [1.807, 2.05) is 0 Å². The predicted octanol–water partition coefficient (Wildman–Crippen LogP) is 3.02. The molecule has 1 aromatic rings. The minimum atomic E-state index is -0.0387. The molecule has 0 aliphatic carbocycles. The molecule has 1 amide bonds. The Labute approximate surface area is 127 Å². The SMILES string of the molecule is CCN(CC)CCNC(=O)c1ccc(Cl)cc1I. The number of carbonyl (C=O) groups is 1. The molecule has 1 rings (SSSR count). The maximum Gasteiger partial charge on any atom is 0.252 e. The molecule has 100 valence electrons. The fourth-order valence-corrected chi connectivity index (χ4v) is 2.75. The second-order valence-corrected chi connectivity index (χ2v) is 5.51. The van der Waals surface area contributed by atoms with Gasteiger partial charge in [-0.1, -0.05) is 25.4 Å². The Morgan fingerprint density at radius 2 is 2.06 bits per heavy atom. The molecule has 0 spiro atoms. The van der Waals surface area contributed by atoms with Gasteiger partial charge in [0, 0.05) is 21.7 Å². The number of hydrogen-bond acceptors (Lipinski definition) is 2. The zero-order chi connectivity index (χ0) is 13.5. The molecule has 0 saturated heterocycles. The van der Waals surface area contributed by atoms with Gasteiger partial charge in [-0.25, -0.2) is 0 Å². The van der Waals surface area contributed by atoms with Crippen LogP contribution in [0.2, 0.25) is 5.02 Å². The summed E-state index contributed by atoms with van der Waals surface area (Å²) < 4.78 is 0.875. The van der Waals surface area contributed by atoms with Gasteiger partial charge in [-0.05, 0) is 53.9 Å². The Hall–Kier alpha value is -0.330. The van der Waals surface area contributed by atoms with Gasteiger partial charge in [-0.3, -0.25) is 4.79 Å². The lowest BCUT2D eigenvalue weighted by molar-refractivity contribution is 0.0948. The fourth-order valence-electron chi connectivity index (χ4n) is 1.64. The van der Waals surface area contributed by atoms with Crippen LogP contribution in [0.4, 0.5) is 0 Å². The minimum Gasteiger partial charge on any atom is -0.351 e. The normalized spacial score (nSPS) is 10.7. The first-order valence-electron chi connectivity index (χ1n) is 6.04. The summed E-state index contributed by atoms with van der Waals surface area (Å²) >= 11 is 7.99. The average Bonchev–Trinajstić information content (AvgIpc) is 2.34. The van der Waals surface area contributed by atoms with Gasteiger partial charge < -0.3 is 10.2 Å². The van der Waals surface area contributed by atoms with E-state index in [2.05, 4.69) is 46.7 Å². The molecule has 0 radical (unpaired) electrons. The summed E-state index contributed by atoms with van der Waals surface area (Å²) in [7, 11) is 0. The minimum absolute atomic E-state index is 0.0387. The van der Waals surface area contributed by atoms with Gasteiger partial charge in [0.05, 0.1) is 5.56 Å². The van der Waals surface area contributed by atoms with Crippen LogP contribution in [0.3, 0.4) is 0 Å². The summed E-state index contributed by atoms with van der Waals surface area (Å²) in [4.78, 5) is 14.2. The van der Waals surface area contributed by atoms with E-state index in [0.717, 1.165) is 23.2 Å². The van der Waals surface area contributed by atoms with Gasteiger partial charge in [0.15, 0.2) is 0 Å². The lowest BCUT2D eigenvalue weighted by atomic mass is 10.2. The Bertz CT molecular complexity index is 408. The highest BCUT2D eigenvalue weighted by Gasteiger charge is 2.10. The Kier molecular flexibility index (Phi) is 6.96. The van der Waals surface area contributed by atoms with Gasteiger partial charge in [0.25, 0.3) is 5.91 Å². The molecule has 18 heavy (non-hydrogen) atoms. The molecular weight excluding hydrogens is 363 g/mol. The van der Waals surface area contributed by atoms with E-state index in [1.165, 1.54) is 0 Å². The quantitative estimate of drug-likeness (QED) is 0.770. The summed E-state index contributed by atoms with van der Waals surface area (Å²) in [5.74, 6) is -0.0387. The maximum atomic E-state index is 12.0. The molecule has 0 aliphatic heterocycles. The standard InChI is InChI=1S/C13H18ClIN2O/c1-3-17(4-2)8-7-16-13(18)11-6-5-10(14)9-12(11)15/h5-6,9H,3-4,7-8H2,1-2H3,(H,16,18). The van der Waals surface area contributed by atoms with Crippen LogP contribution in [0.15, 0.2) is 18.2 Å². The number of nitrogens with one attached hydrogen (secondary N) is 1. The molecule has 3 nitrogen and oxygen atoms in total. The summed E-state index contributed by atoms with van der Waals surface area (Å²) in [5, 5.41) is 3.58. The number of rotatable bonds is 6. The second kappa shape index (κ2) is 7.96. The molecule has 0 aromatic heterocycles. The second-order valence-electron chi connectivity index (χ2n) is 3.91. The van der Waals surface area contributed by atoms with Crippen LogP contribution in [0.1, 0.15) is 24.2 Å². The van der Waals surface area contributed by atoms with Gasteiger partial charge >= 0.3 is 0 Å². The van der Waals surface area contributed by atoms with Gasteiger partial charge in [-0.2, -0.15) is 0 Å². The third kappa shape index (κ3) is 4.74. The van der Waals surface area contributed by atoms with E-state index >= 15 is 0 Å². The van der Waals surface area contributed by atoms with Crippen molar-refractivity contribution in [2.45, 2.75) is 13.8 Å². The number of benzene rings is 1. The molecule has 0 atom stereocenters. The Balaban J connectivity index is 2.50. The fraction of sp³-hybridized carbons (Fsp3) is 0.462. The third-order valence-corrected chi connectivity index (χ3v) is 3.91. The van der Waals surface area contributed by atoms with E-state index < -0.39 is 0 Å². The summed E-state index contributed by atoms with van der Waals surface area (Å²) in [5.41, 5.74) is 0.680. The monoisotopic (exact) mass is 380 g/mol. The first kappa shape index (κ1) is 15.7. The topological polar surface area (TPSA) is 32.3 Å². The molecule has 0 heterocycles. The first-order valence-corrected chi connectivity index (χ1v) is 7.49. The molecule has 5 heteroatoms. The van der Waals surface area contributed by atoms with Crippen molar-refractivity contribution >= 4 is 40.1 Å². The molecular formula is C13H18ClIN2O. The molecule has 0 bridgehead atoms. The van der Waals surface area contributed by atoms with Gasteiger partial charge in [0.1, 0.15) is 0 Å². The van der Waals surface area contributed by atoms with E-state index in [1.54, 1.807) is 18.2 Å². The van der Waals surface area contributed by atoms with Crippen LogP contribution in [-0.4, -0.2) is 37.0 Å². The largest absolute Gasteiger partial charge is 0.351 e. The zero-order valence-electron chi connectivity index (χ0n) is 10.7. The van der Waals surface area contributed by atoms with Crippen molar-refractivity contribution < 1.29 is 4.79 Å². The van der Waals surface area contributed by atoms with Crippen LogP contribution in [0, 0.1) is 3.57 Å². The number of nitrogens with zero attached hydrogens (tertiary/aromatic N) is 1. The summed E-state index contributed by atoms with van der Waals surface area (Å²) in [6.07, 6.45) is 0. The number of amides is 1. The first-order chi connectivity index (χ1) is 8.58. The van der Waals surface area contributed by atoms with E-state index in [0.29, 0.717) is 17.1 Å². The predicted molar refractivity (Wildman–Crippen MR) is 84.3 cm³/mol. The molecule has 0 unspecified atom stereocenters. The van der Waals surface area contributed by atoms with E-state index in [-0.39, 0.29) is 5.91 Å². The van der Waals surface area contributed by atoms with Crippen LogP contribution in [-0.2, 0) is 0 Å². The number of hydrogen-bond donors (Lipinski definition) is 1. The molecule has 0 aliphatic rings. The van der Waals surface area contributed by atoms with Crippen molar-refractivity contribution in [2.75, 3.05) is 26.2 Å². The van der Waals surface area contributed by atoms with Crippen LogP contribution < -0.4 is 5.32 Å². The van der Waals surface area contributed by atoms with E-state index in [9.17, 15) is 4.79 Å². The summed E-state index contributed by atoms with van der Waals surface area (Å²) in [6.45, 7) is 7.79. The number of likely N-dealkylation sites (N-methyl/N-ethyl adjacent to an activating group) is 1. The highest BCUT2D eigenvalue weighted by Crippen LogP contribution is 2.17. The van der Waals surface area contributed by atoms with Crippen molar-refractivity contribution in [1.82, 2.24) is 10.2 Å². The highest BCUT2D eigenvalue weighted by atomic mass is 127. The highest BCUT2D eigenvalue weighted by molar-refractivity contribution is 14.1. The smallest absolute Gasteiger partial charge is 0.252 e.